The fraction of sp³-hybridized carbons (Fsp3) is 0.111. The Hall–Kier alpha value is -2.64. The molecule has 1 amide bonds. The van der Waals surface area contributed by atoms with Crippen LogP contribution in [0.1, 0.15) is 5.56 Å². The van der Waals surface area contributed by atoms with Crippen LogP contribution < -0.4 is 10.9 Å². The highest BCUT2D eigenvalue weighted by atomic mass is 35.5. The molecule has 3 rings (SSSR count). The number of hydrogen-bond donors (Lipinski definition) is 2. The van der Waals surface area contributed by atoms with Crippen LogP contribution in [0.4, 0.5) is 5.69 Å². The second-order valence-electron chi connectivity index (χ2n) is 5.47. The van der Waals surface area contributed by atoms with E-state index in [4.69, 9.17) is 11.6 Å². The molecule has 26 heavy (non-hydrogen) atoms. The van der Waals surface area contributed by atoms with Gasteiger partial charge in [-0.15, -0.1) is 10.2 Å². The molecule has 0 aliphatic rings. The van der Waals surface area contributed by atoms with Gasteiger partial charge in [0, 0.05) is 16.3 Å². The zero-order valence-electron chi connectivity index (χ0n) is 13.8. The van der Waals surface area contributed by atoms with E-state index in [-0.39, 0.29) is 28.1 Å². The SMILES string of the molecule is Cc1ccccc1NC(=O)CSc1nnc(-c2ccc(Cl)cc2)c(=O)[nH]1. The Balaban J connectivity index is 1.65. The standard InChI is InChI=1S/C18H15ClN4O2S/c1-11-4-2-3-5-14(11)20-15(24)10-26-18-21-17(25)16(22-23-18)12-6-8-13(19)9-7-12/h2-9H,10H2,1H3,(H,20,24)(H,21,23,25). The number of benzene rings is 2. The van der Waals surface area contributed by atoms with Crippen LogP contribution in [-0.2, 0) is 4.79 Å². The second kappa shape index (κ2) is 8.16. The Kier molecular flexibility index (Phi) is 5.70. The maximum absolute atomic E-state index is 12.2. The minimum Gasteiger partial charge on any atom is -0.325 e. The Labute approximate surface area is 159 Å². The van der Waals surface area contributed by atoms with E-state index in [2.05, 4.69) is 20.5 Å². The zero-order valence-corrected chi connectivity index (χ0v) is 15.4. The van der Waals surface area contributed by atoms with Gasteiger partial charge in [-0.25, -0.2) is 0 Å². The van der Waals surface area contributed by atoms with Gasteiger partial charge >= 0.3 is 0 Å². The van der Waals surface area contributed by atoms with Crippen LogP contribution in [0.25, 0.3) is 11.3 Å². The lowest BCUT2D eigenvalue weighted by Gasteiger charge is -2.07. The number of para-hydroxylation sites is 1. The third-order valence-electron chi connectivity index (χ3n) is 3.55. The number of nitrogens with zero attached hydrogens (tertiary/aromatic N) is 2. The summed E-state index contributed by atoms with van der Waals surface area (Å²) in [4.78, 5) is 26.9. The first-order valence-corrected chi connectivity index (χ1v) is 9.10. The molecule has 0 bridgehead atoms. The monoisotopic (exact) mass is 386 g/mol. The van der Waals surface area contributed by atoms with Gasteiger partial charge in [0.15, 0.2) is 10.9 Å². The molecule has 6 nitrogen and oxygen atoms in total. The fourth-order valence-electron chi connectivity index (χ4n) is 2.22. The van der Waals surface area contributed by atoms with E-state index in [9.17, 15) is 9.59 Å². The number of aryl methyl sites for hydroxylation is 1. The summed E-state index contributed by atoms with van der Waals surface area (Å²) in [7, 11) is 0. The van der Waals surface area contributed by atoms with E-state index in [1.54, 1.807) is 24.3 Å². The first kappa shape index (κ1) is 18.2. The van der Waals surface area contributed by atoms with Crippen LogP contribution in [0.15, 0.2) is 58.5 Å². The molecular weight excluding hydrogens is 372 g/mol. The summed E-state index contributed by atoms with van der Waals surface area (Å²) in [5, 5.41) is 11.6. The quantitative estimate of drug-likeness (QED) is 0.655. The lowest BCUT2D eigenvalue weighted by atomic mass is 10.2. The van der Waals surface area contributed by atoms with Crippen molar-refractivity contribution in [2.75, 3.05) is 11.1 Å². The third-order valence-corrected chi connectivity index (χ3v) is 4.67. The molecule has 1 aromatic heterocycles. The lowest BCUT2D eigenvalue weighted by molar-refractivity contribution is -0.113. The number of thioether (sulfide) groups is 1. The van der Waals surface area contributed by atoms with E-state index in [0.717, 1.165) is 23.0 Å². The van der Waals surface area contributed by atoms with Gasteiger partial charge in [-0.1, -0.05) is 53.7 Å². The molecule has 0 atom stereocenters. The van der Waals surface area contributed by atoms with E-state index >= 15 is 0 Å². The van der Waals surface area contributed by atoms with Gasteiger partial charge in [-0.3, -0.25) is 14.6 Å². The molecule has 0 saturated carbocycles. The van der Waals surface area contributed by atoms with Crippen molar-refractivity contribution in [2.24, 2.45) is 0 Å². The molecule has 8 heteroatoms. The minimum absolute atomic E-state index is 0.110. The van der Waals surface area contributed by atoms with Crippen LogP contribution >= 0.6 is 23.4 Å². The van der Waals surface area contributed by atoms with E-state index in [1.165, 1.54) is 0 Å². The van der Waals surface area contributed by atoms with Crippen LogP contribution in [0, 0.1) is 6.92 Å². The predicted molar refractivity (Wildman–Crippen MR) is 104 cm³/mol. The number of rotatable bonds is 5. The van der Waals surface area contributed by atoms with Crippen molar-refractivity contribution in [2.45, 2.75) is 12.1 Å². The van der Waals surface area contributed by atoms with Gasteiger partial charge in [0.05, 0.1) is 5.75 Å². The number of halogens is 1. The maximum Gasteiger partial charge on any atom is 0.278 e. The number of carbonyl (C=O) groups excluding carboxylic acids is 1. The number of nitrogens with one attached hydrogen (secondary N) is 2. The highest BCUT2D eigenvalue weighted by molar-refractivity contribution is 7.99. The van der Waals surface area contributed by atoms with Gasteiger partial charge in [-0.05, 0) is 30.7 Å². The van der Waals surface area contributed by atoms with Gasteiger partial charge in [-0.2, -0.15) is 0 Å². The molecule has 2 aromatic carbocycles. The van der Waals surface area contributed by atoms with Gasteiger partial charge in [0.2, 0.25) is 5.91 Å². The van der Waals surface area contributed by atoms with Crippen molar-refractivity contribution in [3.05, 3.63) is 69.5 Å². The molecule has 0 radical (unpaired) electrons. The molecule has 2 N–H and O–H groups in total. The number of anilines is 1. The molecule has 132 valence electrons. The summed E-state index contributed by atoms with van der Waals surface area (Å²) in [5.74, 6) is -0.0760. The van der Waals surface area contributed by atoms with Crippen molar-refractivity contribution >= 4 is 35.0 Å². The Bertz CT molecular complexity index is 989. The Morgan fingerprint density at radius 3 is 2.58 bits per heavy atom. The van der Waals surface area contributed by atoms with Crippen molar-refractivity contribution in [3.8, 4) is 11.3 Å². The summed E-state index contributed by atoms with van der Waals surface area (Å²) >= 11 is 6.95. The van der Waals surface area contributed by atoms with Gasteiger partial charge in [0.1, 0.15) is 0 Å². The van der Waals surface area contributed by atoms with Crippen molar-refractivity contribution in [1.82, 2.24) is 15.2 Å². The van der Waals surface area contributed by atoms with Crippen LogP contribution in [0.5, 0.6) is 0 Å². The van der Waals surface area contributed by atoms with Crippen molar-refractivity contribution in [1.29, 1.82) is 0 Å². The van der Waals surface area contributed by atoms with E-state index in [0.29, 0.717) is 10.6 Å². The average Bonchev–Trinajstić information content (AvgIpc) is 2.63. The first-order chi connectivity index (χ1) is 12.5. The van der Waals surface area contributed by atoms with E-state index < -0.39 is 0 Å². The van der Waals surface area contributed by atoms with Gasteiger partial charge < -0.3 is 5.32 Å². The molecule has 0 fully saturated rings. The number of H-pyrrole nitrogens is 1. The molecule has 0 saturated heterocycles. The third kappa shape index (κ3) is 4.50. The Morgan fingerprint density at radius 2 is 1.88 bits per heavy atom. The number of aromatic nitrogens is 3. The summed E-state index contributed by atoms with van der Waals surface area (Å²) < 4.78 is 0. The molecule has 3 aromatic rings. The normalized spacial score (nSPS) is 10.5. The topological polar surface area (TPSA) is 87.7 Å². The average molecular weight is 387 g/mol. The summed E-state index contributed by atoms with van der Waals surface area (Å²) in [6.45, 7) is 1.92. The number of carbonyl (C=O) groups is 1. The minimum atomic E-state index is -0.371. The number of aromatic amines is 1. The fourth-order valence-corrected chi connectivity index (χ4v) is 2.95. The van der Waals surface area contributed by atoms with Crippen LogP contribution in [0.2, 0.25) is 5.02 Å². The smallest absolute Gasteiger partial charge is 0.278 e. The highest BCUT2D eigenvalue weighted by Crippen LogP contribution is 2.18. The molecule has 0 aliphatic carbocycles. The van der Waals surface area contributed by atoms with Crippen LogP contribution in [-0.4, -0.2) is 26.8 Å². The summed E-state index contributed by atoms with van der Waals surface area (Å²) in [6, 6.07) is 14.3. The zero-order chi connectivity index (χ0) is 18.5. The number of amides is 1. The largest absolute Gasteiger partial charge is 0.325 e. The first-order valence-electron chi connectivity index (χ1n) is 7.74. The number of hydrogen-bond acceptors (Lipinski definition) is 5. The molecule has 1 heterocycles. The molecule has 0 spiro atoms. The predicted octanol–water partition coefficient (Wildman–Crippen LogP) is 3.52. The van der Waals surface area contributed by atoms with Crippen molar-refractivity contribution < 1.29 is 4.79 Å². The van der Waals surface area contributed by atoms with Crippen molar-refractivity contribution in [3.63, 3.8) is 0 Å². The summed E-state index contributed by atoms with van der Waals surface area (Å²) in [5.41, 5.74) is 2.19. The Morgan fingerprint density at radius 1 is 1.15 bits per heavy atom. The molecule has 0 aliphatic heterocycles. The van der Waals surface area contributed by atoms with Gasteiger partial charge in [0.25, 0.3) is 5.56 Å². The molecular formula is C18H15ClN4O2S. The van der Waals surface area contributed by atoms with E-state index in [1.807, 2.05) is 31.2 Å². The maximum atomic E-state index is 12.2. The lowest BCUT2D eigenvalue weighted by Crippen LogP contribution is -2.17. The van der Waals surface area contributed by atoms with Crippen LogP contribution in [0.3, 0.4) is 0 Å². The highest BCUT2D eigenvalue weighted by Gasteiger charge is 2.10. The second-order valence-corrected chi connectivity index (χ2v) is 6.87. The molecule has 0 unspecified atom stereocenters. The summed E-state index contributed by atoms with van der Waals surface area (Å²) in [6.07, 6.45) is 0.